The average Bonchev–Trinajstić information content (AvgIpc) is 3.00. The first-order chi connectivity index (χ1) is 10.3. The van der Waals surface area contributed by atoms with Gasteiger partial charge < -0.3 is 0 Å². The molecule has 0 saturated carbocycles. The van der Waals surface area contributed by atoms with Crippen LogP contribution >= 0.6 is 0 Å². The summed E-state index contributed by atoms with van der Waals surface area (Å²) in [5.74, 6) is 0. The normalized spacial score (nSPS) is 10.1. The Labute approximate surface area is 129 Å². The summed E-state index contributed by atoms with van der Waals surface area (Å²) in [5, 5.41) is 9.38. The minimum absolute atomic E-state index is 0.0511. The fourth-order valence-electron chi connectivity index (χ4n) is 2.08. The third-order valence-electron chi connectivity index (χ3n) is 3.20. The van der Waals surface area contributed by atoms with E-state index in [0.717, 1.165) is 26.1 Å². The van der Waals surface area contributed by atoms with Gasteiger partial charge in [-0.25, -0.2) is 0 Å². The fraction of sp³-hybridized carbons (Fsp3) is 0.0588. The summed E-state index contributed by atoms with van der Waals surface area (Å²) < 4.78 is 1.75. The molecule has 3 aromatic rings. The Morgan fingerprint density at radius 1 is 1.00 bits per heavy atom. The molecule has 0 aliphatic rings. The first-order valence-electron chi connectivity index (χ1n) is 6.54. The molecule has 0 spiro atoms. The van der Waals surface area contributed by atoms with E-state index in [-0.39, 0.29) is 14.5 Å². The van der Waals surface area contributed by atoms with Crippen molar-refractivity contribution in [3.8, 4) is 17.3 Å². The second kappa shape index (κ2) is 5.97. The van der Waals surface area contributed by atoms with Crippen LogP contribution in [0.2, 0.25) is 0 Å². The molecule has 3 nitrogen and oxygen atoms in total. The topological polar surface area (TPSA) is 39.9 Å². The minimum atomic E-state index is -0.0511. The molecule has 0 aliphatic heterocycles. The predicted octanol–water partition coefficient (Wildman–Crippen LogP) is 3.45. The van der Waals surface area contributed by atoms with Crippen LogP contribution in [0.3, 0.4) is 0 Å². The summed E-state index contributed by atoms with van der Waals surface area (Å²) in [6.45, 7) is 0. The van der Waals surface area contributed by atoms with Gasteiger partial charge >= 0.3 is 130 Å². The number of nitriles is 1. The van der Waals surface area contributed by atoms with Crippen LogP contribution in [0.15, 0.2) is 60.7 Å². The van der Waals surface area contributed by atoms with Gasteiger partial charge in [-0.1, -0.05) is 0 Å². The van der Waals surface area contributed by atoms with E-state index in [2.05, 4.69) is 11.0 Å². The number of para-hydroxylation sites is 1. The molecule has 0 aliphatic carbocycles. The summed E-state index contributed by atoms with van der Waals surface area (Å²) in [5.41, 5.74) is 2.91. The van der Waals surface area contributed by atoms with Crippen molar-refractivity contribution in [2.75, 3.05) is 11.9 Å². The average molecular weight is 338 g/mol. The van der Waals surface area contributed by atoms with Gasteiger partial charge in [0.2, 0.25) is 0 Å². The van der Waals surface area contributed by atoms with Gasteiger partial charge in [0.05, 0.1) is 0 Å². The summed E-state index contributed by atoms with van der Waals surface area (Å²) in [7, 11) is 2.00. The molecular formula is C17H13N3Se. The zero-order valence-corrected chi connectivity index (χ0v) is 13.2. The van der Waals surface area contributed by atoms with Crippen LogP contribution in [0.4, 0.5) is 10.4 Å². The van der Waals surface area contributed by atoms with Crippen molar-refractivity contribution in [3.63, 3.8) is 0 Å². The Morgan fingerprint density at radius 2 is 1.62 bits per heavy atom. The van der Waals surface area contributed by atoms with E-state index in [4.69, 9.17) is 4.98 Å². The number of nitrogens with zero attached hydrogens (tertiary/aromatic N) is 3. The SMILES string of the molecule is CN(c1ccccc1)c1nc(-c2ccccc2)c(C#N)[se]1. The van der Waals surface area contributed by atoms with E-state index in [1.165, 1.54) is 0 Å². The molecule has 2 aromatic carbocycles. The molecule has 0 unspecified atom stereocenters. The van der Waals surface area contributed by atoms with E-state index in [0.29, 0.717) is 0 Å². The molecule has 0 N–H and O–H groups in total. The van der Waals surface area contributed by atoms with Crippen LogP contribution in [-0.2, 0) is 0 Å². The van der Waals surface area contributed by atoms with Crippen molar-refractivity contribution >= 4 is 24.9 Å². The molecule has 3 rings (SSSR count). The standard InChI is InChI=1S/C17H13N3Se/c1-20(14-10-6-3-7-11-14)17-19-16(15(12-18)21-17)13-8-4-2-5-9-13/h2-11H,1H3. The Bertz CT molecular complexity index is 773. The van der Waals surface area contributed by atoms with Gasteiger partial charge in [-0.2, -0.15) is 0 Å². The molecule has 1 heterocycles. The number of benzene rings is 2. The van der Waals surface area contributed by atoms with Crippen molar-refractivity contribution in [2.45, 2.75) is 0 Å². The number of hydrogen-bond donors (Lipinski definition) is 0. The van der Waals surface area contributed by atoms with Gasteiger partial charge in [0.25, 0.3) is 0 Å². The van der Waals surface area contributed by atoms with Gasteiger partial charge in [0.15, 0.2) is 0 Å². The van der Waals surface area contributed by atoms with Crippen molar-refractivity contribution in [1.82, 2.24) is 4.98 Å². The van der Waals surface area contributed by atoms with E-state index < -0.39 is 0 Å². The second-order valence-electron chi connectivity index (χ2n) is 4.55. The van der Waals surface area contributed by atoms with Crippen molar-refractivity contribution in [1.29, 1.82) is 5.26 Å². The van der Waals surface area contributed by atoms with Crippen molar-refractivity contribution in [2.24, 2.45) is 0 Å². The number of rotatable bonds is 3. The van der Waals surface area contributed by atoms with Crippen molar-refractivity contribution < 1.29 is 0 Å². The van der Waals surface area contributed by atoms with Gasteiger partial charge in [-0.05, 0) is 0 Å². The van der Waals surface area contributed by atoms with Gasteiger partial charge in [-0.15, -0.1) is 0 Å². The molecule has 0 amide bonds. The molecule has 102 valence electrons. The van der Waals surface area contributed by atoms with E-state index in [1.807, 2.05) is 67.7 Å². The third-order valence-corrected chi connectivity index (χ3v) is 5.37. The molecule has 4 heteroatoms. The maximum atomic E-state index is 9.38. The molecule has 0 fully saturated rings. The van der Waals surface area contributed by atoms with E-state index in [1.54, 1.807) is 0 Å². The Hall–Kier alpha value is -2.34. The Morgan fingerprint density at radius 3 is 2.24 bits per heavy atom. The second-order valence-corrected chi connectivity index (χ2v) is 6.60. The molecule has 0 atom stereocenters. The Kier molecular flexibility index (Phi) is 3.87. The van der Waals surface area contributed by atoms with Gasteiger partial charge in [0.1, 0.15) is 0 Å². The molecule has 0 saturated heterocycles. The van der Waals surface area contributed by atoms with Crippen LogP contribution in [0.25, 0.3) is 11.3 Å². The summed E-state index contributed by atoms with van der Waals surface area (Å²) in [6.07, 6.45) is 0. The summed E-state index contributed by atoms with van der Waals surface area (Å²) in [4.78, 5) is 6.78. The van der Waals surface area contributed by atoms with Crippen LogP contribution < -0.4 is 4.90 Å². The molecule has 21 heavy (non-hydrogen) atoms. The number of aromatic nitrogens is 1. The first kappa shape index (κ1) is 13.6. The molecular weight excluding hydrogens is 325 g/mol. The molecule has 1 aromatic heterocycles. The third kappa shape index (κ3) is 2.75. The maximum absolute atomic E-state index is 9.38. The van der Waals surface area contributed by atoms with Crippen LogP contribution in [0.1, 0.15) is 4.44 Å². The van der Waals surface area contributed by atoms with E-state index >= 15 is 0 Å². The van der Waals surface area contributed by atoms with E-state index in [9.17, 15) is 5.26 Å². The molecule has 0 radical (unpaired) electrons. The zero-order valence-electron chi connectivity index (χ0n) is 11.5. The quantitative estimate of drug-likeness (QED) is 0.687. The van der Waals surface area contributed by atoms with Gasteiger partial charge in [-0.3, -0.25) is 0 Å². The number of hydrogen-bond acceptors (Lipinski definition) is 3. The fourth-order valence-corrected chi connectivity index (χ4v) is 3.90. The van der Waals surface area contributed by atoms with Gasteiger partial charge in [0, 0.05) is 0 Å². The first-order valence-corrected chi connectivity index (χ1v) is 8.26. The van der Waals surface area contributed by atoms with Crippen molar-refractivity contribution in [3.05, 3.63) is 65.1 Å². The Balaban J connectivity index is 2.03. The summed E-state index contributed by atoms with van der Waals surface area (Å²) in [6, 6.07) is 22.3. The number of anilines is 2. The zero-order chi connectivity index (χ0) is 14.7. The monoisotopic (exact) mass is 339 g/mol. The van der Waals surface area contributed by atoms with Crippen LogP contribution in [0, 0.1) is 11.3 Å². The predicted molar refractivity (Wildman–Crippen MR) is 85.8 cm³/mol. The van der Waals surface area contributed by atoms with Crippen LogP contribution in [-0.4, -0.2) is 26.5 Å². The summed E-state index contributed by atoms with van der Waals surface area (Å²) >= 11 is -0.0511. The molecule has 0 bridgehead atoms. The van der Waals surface area contributed by atoms with Crippen LogP contribution in [0.5, 0.6) is 0 Å².